The number of hydrogen-bond acceptors (Lipinski definition) is 4. The Kier molecular flexibility index (Phi) is 7.83. The molecule has 4 heteroatoms. The number of carbonyl (C=O) groups is 1. The highest BCUT2D eigenvalue weighted by Crippen LogP contribution is 2.22. The van der Waals surface area contributed by atoms with Gasteiger partial charge in [-0.25, -0.2) is 0 Å². The second kappa shape index (κ2) is 9.40. The molecule has 0 heterocycles. The standard InChI is InChI=1S/C17H27NO3/c1-4-20-17(19)8-6-5-7-11-21-16-10-9-15(14(3)18)12-13(16)2/h9-10,12,14H,4-8,11,18H2,1-3H3/t14-/m0/s1. The molecule has 118 valence electrons. The van der Waals surface area contributed by atoms with Crippen LogP contribution in [0.15, 0.2) is 18.2 Å². The summed E-state index contributed by atoms with van der Waals surface area (Å²) in [6, 6.07) is 6.10. The fourth-order valence-electron chi connectivity index (χ4n) is 2.08. The van der Waals surface area contributed by atoms with Crippen LogP contribution in [0.2, 0.25) is 0 Å². The van der Waals surface area contributed by atoms with Gasteiger partial charge in [-0.15, -0.1) is 0 Å². The van der Waals surface area contributed by atoms with E-state index in [1.165, 1.54) is 0 Å². The first-order chi connectivity index (χ1) is 10.0. The van der Waals surface area contributed by atoms with Gasteiger partial charge in [-0.1, -0.05) is 12.1 Å². The Morgan fingerprint density at radius 1 is 1.29 bits per heavy atom. The van der Waals surface area contributed by atoms with Crippen LogP contribution in [0.3, 0.4) is 0 Å². The van der Waals surface area contributed by atoms with E-state index in [1.807, 2.05) is 32.9 Å². The van der Waals surface area contributed by atoms with Crippen molar-refractivity contribution < 1.29 is 14.3 Å². The van der Waals surface area contributed by atoms with Crippen LogP contribution in [-0.4, -0.2) is 19.2 Å². The molecule has 0 amide bonds. The molecule has 0 radical (unpaired) electrons. The minimum absolute atomic E-state index is 0.0422. The largest absolute Gasteiger partial charge is 0.493 e. The van der Waals surface area contributed by atoms with Gasteiger partial charge in [0.25, 0.3) is 0 Å². The van der Waals surface area contributed by atoms with Crippen molar-refractivity contribution in [3.8, 4) is 5.75 Å². The third-order valence-corrected chi connectivity index (χ3v) is 3.31. The molecule has 0 spiro atoms. The first-order valence-electron chi connectivity index (χ1n) is 7.69. The Balaban J connectivity index is 2.22. The van der Waals surface area contributed by atoms with Crippen molar-refractivity contribution in [3.05, 3.63) is 29.3 Å². The van der Waals surface area contributed by atoms with Gasteiger partial charge in [0.2, 0.25) is 0 Å². The summed E-state index contributed by atoms with van der Waals surface area (Å²) < 4.78 is 10.7. The van der Waals surface area contributed by atoms with Gasteiger partial charge in [0.15, 0.2) is 0 Å². The summed E-state index contributed by atoms with van der Waals surface area (Å²) in [5, 5.41) is 0. The van der Waals surface area contributed by atoms with E-state index in [4.69, 9.17) is 15.2 Å². The highest BCUT2D eigenvalue weighted by molar-refractivity contribution is 5.69. The topological polar surface area (TPSA) is 61.5 Å². The van der Waals surface area contributed by atoms with Crippen LogP contribution in [0.1, 0.15) is 56.7 Å². The molecule has 4 nitrogen and oxygen atoms in total. The van der Waals surface area contributed by atoms with E-state index in [1.54, 1.807) is 0 Å². The lowest BCUT2D eigenvalue weighted by molar-refractivity contribution is -0.143. The van der Waals surface area contributed by atoms with E-state index in [9.17, 15) is 4.79 Å². The maximum absolute atomic E-state index is 11.2. The Morgan fingerprint density at radius 3 is 2.67 bits per heavy atom. The fourth-order valence-corrected chi connectivity index (χ4v) is 2.08. The summed E-state index contributed by atoms with van der Waals surface area (Å²) >= 11 is 0. The van der Waals surface area contributed by atoms with Crippen molar-refractivity contribution >= 4 is 5.97 Å². The lowest BCUT2D eigenvalue weighted by Gasteiger charge is -2.12. The molecule has 1 rings (SSSR count). The van der Waals surface area contributed by atoms with Crippen molar-refractivity contribution in [2.75, 3.05) is 13.2 Å². The van der Waals surface area contributed by atoms with Crippen LogP contribution in [0.25, 0.3) is 0 Å². The third-order valence-electron chi connectivity index (χ3n) is 3.31. The first kappa shape index (κ1) is 17.5. The normalized spacial score (nSPS) is 12.0. The van der Waals surface area contributed by atoms with Gasteiger partial charge in [-0.3, -0.25) is 4.79 Å². The second-order valence-electron chi connectivity index (χ2n) is 5.28. The number of unbranched alkanes of at least 4 members (excludes halogenated alkanes) is 2. The van der Waals surface area contributed by atoms with E-state index in [0.717, 1.165) is 36.1 Å². The third kappa shape index (κ3) is 6.63. The van der Waals surface area contributed by atoms with Crippen molar-refractivity contribution in [1.29, 1.82) is 0 Å². The summed E-state index contributed by atoms with van der Waals surface area (Å²) in [6.45, 7) is 6.95. The molecule has 1 aromatic carbocycles. The van der Waals surface area contributed by atoms with Crippen LogP contribution in [0.5, 0.6) is 5.75 Å². The Hall–Kier alpha value is -1.55. The van der Waals surface area contributed by atoms with Crippen molar-refractivity contribution in [3.63, 3.8) is 0 Å². The summed E-state index contributed by atoms with van der Waals surface area (Å²) in [6.07, 6.45) is 3.25. The quantitative estimate of drug-likeness (QED) is 0.559. The van der Waals surface area contributed by atoms with Crippen molar-refractivity contribution in [2.45, 2.75) is 52.5 Å². The summed E-state index contributed by atoms with van der Waals surface area (Å²) in [4.78, 5) is 11.2. The molecule has 1 aromatic rings. The SMILES string of the molecule is CCOC(=O)CCCCCOc1ccc([C@H](C)N)cc1C. The van der Waals surface area contributed by atoms with Gasteiger partial charge >= 0.3 is 5.97 Å². The van der Waals surface area contributed by atoms with Gasteiger partial charge in [-0.2, -0.15) is 0 Å². The number of ether oxygens (including phenoxy) is 2. The number of rotatable bonds is 9. The van der Waals surface area contributed by atoms with Gasteiger partial charge < -0.3 is 15.2 Å². The zero-order valence-corrected chi connectivity index (χ0v) is 13.4. The van der Waals surface area contributed by atoms with Crippen LogP contribution < -0.4 is 10.5 Å². The Labute approximate surface area is 127 Å². The molecule has 21 heavy (non-hydrogen) atoms. The first-order valence-corrected chi connectivity index (χ1v) is 7.69. The minimum Gasteiger partial charge on any atom is -0.493 e. The molecule has 1 atom stereocenters. The molecule has 0 aliphatic carbocycles. The van der Waals surface area contributed by atoms with Gasteiger partial charge in [-0.05, 0) is 57.2 Å². The molecule has 0 unspecified atom stereocenters. The van der Waals surface area contributed by atoms with Crippen LogP contribution in [0.4, 0.5) is 0 Å². The Bertz CT molecular complexity index is 444. The maximum atomic E-state index is 11.2. The van der Waals surface area contributed by atoms with Crippen molar-refractivity contribution in [2.24, 2.45) is 5.73 Å². The van der Waals surface area contributed by atoms with Gasteiger partial charge in [0.05, 0.1) is 13.2 Å². The van der Waals surface area contributed by atoms with E-state index in [-0.39, 0.29) is 12.0 Å². The smallest absolute Gasteiger partial charge is 0.305 e. The molecule has 0 aliphatic heterocycles. The number of aryl methyl sites for hydroxylation is 1. The molecule has 0 aliphatic rings. The highest BCUT2D eigenvalue weighted by Gasteiger charge is 2.05. The van der Waals surface area contributed by atoms with E-state index in [0.29, 0.717) is 19.6 Å². The number of esters is 1. The molecule has 0 fully saturated rings. The minimum atomic E-state index is -0.110. The van der Waals surface area contributed by atoms with E-state index < -0.39 is 0 Å². The molecule has 0 saturated heterocycles. The molecular weight excluding hydrogens is 266 g/mol. The fraction of sp³-hybridized carbons (Fsp3) is 0.588. The summed E-state index contributed by atoms with van der Waals surface area (Å²) in [5.74, 6) is 0.797. The highest BCUT2D eigenvalue weighted by atomic mass is 16.5. The average molecular weight is 293 g/mol. The molecule has 0 bridgehead atoms. The predicted molar refractivity (Wildman–Crippen MR) is 84.4 cm³/mol. The average Bonchev–Trinajstić information content (AvgIpc) is 2.44. The molecular formula is C17H27NO3. The van der Waals surface area contributed by atoms with Gasteiger partial charge in [0, 0.05) is 12.5 Å². The number of nitrogens with two attached hydrogens (primary N) is 1. The number of benzene rings is 1. The Morgan fingerprint density at radius 2 is 2.05 bits per heavy atom. The monoisotopic (exact) mass is 293 g/mol. The van der Waals surface area contributed by atoms with Crippen LogP contribution in [0, 0.1) is 6.92 Å². The number of carbonyl (C=O) groups excluding carboxylic acids is 1. The zero-order chi connectivity index (χ0) is 15.7. The number of hydrogen-bond donors (Lipinski definition) is 1. The second-order valence-corrected chi connectivity index (χ2v) is 5.28. The van der Waals surface area contributed by atoms with Crippen LogP contribution in [-0.2, 0) is 9.53 Å². The summed E-state index contributed by atoms with van der Waals surface area (Å²) in [7, 11) is 0. The van der Waals surface area contributed by atoms with E-state index >= 15 is 0 Å². The maximum Gasteiger partial charge on any atom is 0.305 e. The zero-order valence-electron chi connectivity index (χ0n) is 13.4. The lowest BCUT2D eigenvalue weighted by Crippen LogP contribution is -2.06. The molecule has 2 N–H and O–H groups in total. The van der Waals surface area contributed by atoms with Crippen LogP contribution >= 0.6 is 0 Å². The van der Waals surface area contributed by atoms with Gasteiger partial charge in [0.1, 0.15) is 5.75 Å². The van der Waals surface area contributed by atoms with Crippen molar-refractivity contribution in [1.82, 2.24) is 0 Å². The lowest BCUT2D eigenvalue weighted by atomic mass is 10.1. The molecule has 0 aromatic heterocycles. The summed E-state index contributed by atoms with van der Waals surface area (Å²) in [5.41, 5.74) is 8.08. The predicted octanol–water partition coefficient (Wildman–Crippen LogP) is 3.52. The molecule has 0 saturated carbocycles. The van der Waals surface area contributed by atoms with E-state index in [2.05, 4.69) is 6.07 Å².